The second-order valence-corrected chi connectivity index (χ2v) is 7.54. The van der Waals surface area contributed by atoms with Gasteiger partial charge in [-0.25, -0.2) is 0 Å². The fourth-order valence-electron chi connectivity index (χ4n) is 3.14. The molecule has 0 aromatic heterocycles. The molecule has 0 radical (unpaired) electrons. The number of aryl methyl sites for hydroxylation is 1. The average Bonchev–Trinajstić information content (AvgIpc) is 2.75. The molecule has 0 spiro atoms. The lowest BCUT2D eigenvalue weighted by Crippen LogP contribution is -2.40. The van der Waals surface area contributed by atoms with Crippen LogP contribution in [0.1, 0.15) is 18.1 Å². The molecule has 164 valence electrons. The van der Waals surface area contributed by atoms with Crippen LogP contribution in [0.25, 0.3) is 0 Å². The molecule has 0 aliphatic heterocycles. The van der Waals surface area contributed by atoms with Gasteiger partial charge in [0, 0.05) is 23.3 Å². The van der Waals surface area contributed by atoms with Crippen molar-refractivity contribution >= 4 is 17.3 Å². The van der Waals surface area contributed by atoms with Gasteiger partial charge < -0.3 is 14.7 Å². The smallest absolute Gasteiger partial charge is 0.416 e. The Morgan fingerprint density at radius 1 is 0.968 bits per heavy atom. The minimum atomic E-state index is -4.71. The largest absolute Gasteiger partial charge is 0.457 e. The van der Waals surface area contributed by atoms with E-state index in [9.17, 15) is 18.3 Å². The summed E-state index contributed by atoms with van der Waals surface area (Å²) < 4.78 is 45.0. The van der Waals surface area contributed by atoms with Gasteiger partial charge in [0.2, 0.25) is 0 Å². The zero-order valence-electron chi connectivity index (χ0n) is 16.9. The fraction of sp³-hybridized carbons (Fsp3) is 0.250. The maximum Gasteiger partial charge on any atom is 0.416 e. The molecule has 3 rings (SSSR count). The first-order chi connectivity index (χ1) is 14.8. The molecule has 0 amide bonds. The van der Waals surface area contributed by atoms with Gasteiger partial charge in [0.15, 0.2) is 6.10 Å². The van der Waals surface area contributed by atoms with Crippen molar-refractivity contribution in [2.45, 2.75) is 32.2 Å². The van der Waals surface area contributed by atoms with E-state index < -0.39 is 18.8 Å². The maximum absolute atomic E-state index is 13.0. The standard InChI is InChI=1S/C24H23ClF3NO2/c1-2-18-13-21(11-12-22(18)25)31-20-10-6-9-19(14-20)29(16-23(30)24(26,27)28)15-17-7-4-3-5-8-17/h3-14,23,30H,2,15-16H2,1H3/t23-/m1/s1. The highest BCUT2D eigenvalue weighted by molar-refractivity contribution is 6.31. The third kappa shape index (κ3) is 6.39. The van der Waals surface area contributed by atoms with Crippen LogP contribution in [-0.4, -0.2) is 23.9 Å². The Morgan fingerprint density at radius 3 is 2.35 bits per heavy atom. The van der Waals surface area contributed by atoms with E-state index in [1.807, 2.05) is 43.3 Å². The normalized spacial score (nSPS) is 12.5. The minimum Gasteiger partial charge on any atom is -0.457 e. The Labute approximate surface area is 184 Å². The number of benzene rings is 3. The first kappa shape index (κ1) is 23.0. The van der Waals surface area contributed by atoms with E-state index in [2.05, 4.69) is 0 Å². The number of aliphatic hydroxyl groups excluding tert-OH is 1. The van der Waals surface area contributed by atoms with Gasteiger partial charge in [-0.1, -0.05) is 54.9 Å². The highest BCUT2D eigenvalue weighted by Gasteiger charge is 2.39. The lowest BCUT2D eigenvalue weighted by molar-refractivity contribution is -0.200. The molecule has 0 heterocycles. The second kappa shape index (κ2) is 10.1. The molecule has 0 aliphatic carbocycles. The molecular weight excluding hydrogens is 427 g/mol. The molecule has 0 bridgehead atoms. The van der Waals surface area contributed by atoms with Gasteiger partial charge in [-0.15, -0.1) is 0 Å². The summed E-state index contributed by atoms with van der Waals surface area (Å²) >= 11 is 6.15. The van der Waals surface area contributed by atoms with Gasteiger partial charge in [-0.3, -0.25) is 0 Å². The van der Waals surface area contributed by atoms with Crippen LogP contribution >= 0.6 is 11.6 Å². The highest BCUT2D eigenvalue weighted by atomic mass is 35.5. The molecule has 3 aromatic carbocycles. The van der Waals surface area contributed by atoms with E-state index in [1.54, 1.807) is 36.4 Å². The van der Waals surface area contributed by atoms with Gasteiger partial charge in [0.05, 0.1) is 6.54 Å². The predicted octanol–water partition coefficient (Wildman–Crippen LogP) is 6.62. The quantitative estimate of drug-likeness (QED) is 0.419. The number of ether oxygens (including phenoxy) is 1. The van der Waals surface area contributed by atoms with Crippen molar-refractivity contribution in [2.75, 3.05) is 11.4 Å². The summed E-state index contributed by atoms with van der Waals surface area (Å²) in [5.74, 6) is 1.06. The number of alkyl halides is 3. The van der Waals surface area contributed by atoms with Crippen LogP contribution in [-0.2, 0) is 13.0 Å². The Morgan fingerprint density at radius 2 is 1.68 bits per heavy atom. The Hall–Kier alpha value is -2.70. The molecule has 3 aromatic rings. The SMILES string of the molecule is CCc1cc(Oc2cccc(N(Cc3ccccc3)C[C@@H](O)C(F)(F)F)c2)ccc1Cl. The van der Waals surface area contributed by atoms with Crippen LogP contribution in [0.3, 0.4) is 0 Å². The van der Waals surface area contributed by atoms with Crippen molar-refractivity contribution in [1.82, 2.24) is 0 Å². The summed E-state index contributed by atoms with van der Waals surface area (Å²) in [6.07, 6.45) is -6.43. The van der Waals surface area contributed by atoms with Gasteiger partial charge in [-0.05, 0) is 47.9 Å². The molecule has 0 saturated carbocycles. The zero-order chi connectivity index (χ0) is 22.4. The molecule has 0 saturated heterocycles. The molecule has 1 atom stereocenters. The summed E-state index contributed by atoms with van der Waals surface area (Å²) in [7, 11) is 0. The van der Waals surface area contributed by atoms with Crippen molar-refractivity contribution in [3.63, 3.8) is 0 Å². The average molecular weight is 450 g/mol. The third-order valence-electron chi connectivity index (χ3n) is 4.80. The van der Waals surface area contributed by atoms with Gasteiger partial charge in [0.25, 0.3) is 0 Å². The maximum atomic E-state index is 13.0. The van der Waals surface area contributed by atoms with Crippen LogP contribution in [0, 0.1) is 0 Å². The van der Waals surface area contributed by atoms with Gasteiger partial charge >= 0.3 is 6.18 Å². The molecule has 1 N–H and O–H groups in total. The molecule has 0 aliphatic rings. The van der Waals surface area contributed by atoms with Crippen LogP contribution in [0.5, 0.6) is 11.5 Å². The van der Waals surface area contributed by atoms with E-state index in [0.29, 0.717) is 22.2 Å². The molecule has 0 unspecified atom stereocenters. The lowest BCUT2D eigenvalue weighted by atomic mass is 10.1. The van der Waals surface area contributed by atoms with Crippen LogP contribution in [0.15, 0.2) is 72.8 Å². The summed E-state index contributed by atoms with van der Waals surface area (Å²) in [6.45, 7) is 1.60. The van der Waals surface area contributed by atoms with E-state index in [0.717, 1.165) is 17.5 Å². The number of halogens is 4. The first-order valence-electron chi connectivity index (χ1n) is 9.86. The number of hydrogen-bond donors (Lipinski definition) is 1. The molecule has 0 fully saturated rings. The van der Waals surface area contributed by atoms with Crippen LogP contribution in [0.4, 0.5) is 18.9 Å². The Kier molecular flexibility index (Phi) is 7.46. The number of aliphatic hydroxyl groups is 1. The number of anilines is 1. The molecule has 31 heavy (non-hydrogen) atoms. The van der Waals surface area contributed by atoms with E-state index >= 15 is 0 Å². The van der Waals surface area contributed by atoms with E-state index in [-0.39, 0.29) is 6.54 Å². The number of rotatable bonds is 8. The topological polar surface area (TPSA) is 32.7 Å². The second-order valence-electron chi connectivity index (χ2n) is 7.13. The predicted molar refractivity (Wildman–Crippen MR) is 117 cm³/mol. The number of hydrogen-bond acceptors (Lipinski definition) is 3. The summed E-state index contributed by atoms with van der Waals surface area (Å²) in [5, 5.41) is 10.3. The van der Waals surface area contributed by atoms with Gasteiger partial charge in [0.1, 0.15) is 11.5 Å². The van der Waals surface area contributed by atoms with Crippen molar-refractivity contribution in [3.05, 3.63) is 88.9 Å². The third-order valence-corrected chi connectivity index (χ3v) is 5.17. The van der Waals surface area contributed by atoms with Crippen LogP contribution < -0.4 is 9.64 Å². The van der Waals surface area contributed by atoms with Crippen LogP contribution in [0.2, 0.25) is 5.02 Å². The van der Waals surface area contributed by atoms with E-state index in [4.69, 9.17) is 16.3 Å². The highest BCUT2D eigenvalue weighted by Crippen LogP contribution is 2.31. The molecular formula is C24H23ClF3NO2. The van der Waals surface area contributed by atoms with Gasteiger partial charge in [-0.2, -0.15) is 13.2 Å². The number of nitrogens with zero attached hydrogens (tertiary/aromatic N) is 1. The summed E-state index contributed by atoms with van der Waals surface area (Å²) in [5.41, 5.74) is 2.28. The van der Waals surface area contributed by atoms with Crippen molar-refractivity contribution in [2.24, 2.45) is 0 Å². The van der Waals surface area contributed by atoms with E-state index in [1.165, 1.54) is 4.90 Å². The first-order valence-corrected chi connectivity index (χ1v) is 10.2. The molecule has 3 nitrogen and oxygen atoms in total. The van der Waals surface area contributed by atoms with Crippen molar-refractivity contribution in [3.8, 4) is 11.5 Å². The Bertz CT molecular complexity index is 996. The summed E-state index contributed by atoms with van der Waals surface area (Å²) in [4.78, 5) is 1.49. The Balaban J connectivity index is 1.86. The lowest BCUT2D eigenvalue weighted by Gasteiger charge is -2.28. The van der Waals surface area contributed by atoms with Crippen molar-refractivity contribution < 1.29 is 23.0 Å². The zero-order valence-corrected chi connectivity index (χ0v) is 17.7. The summed E-state index contributed by atoms with van der Waals surface area (Å²) in [6, 6.07) is 21.2. The fourth-order valence-corrected chi connectivity index (χ4v) is 3.39. The minimum absolute atomic E-state index is 0.207. The van der Waals surface area contributed by atoms with Crippen molar-refractivity contribution in [1.29, 1.82) is 0 Å². The monoisotopic (exact) mass is 449 g/mol. The molecule has 7 heteroatoms.